The zero-order valence-electron chi connectivity index (χ0n) is 12.4. The average Bonchev–Trinajstić information content (AvgIpc) is 2.75. The van der Waals surface area contributed by atoms with E-state index in [4.69, 9.17) is 0 Å². The molecule has 0 spiro atoms. The van der Waals surface area contributed by atoms with Crippen molar-refractivity contribution < 1.29 is 4.79 Å². The molecule has 2 aromatic rings. The van der Waals surface area contributed by atoms with E-state index in [-0.39, 0.29) is 5.91 Å². The predicted molar refractivity (Wildman–Crippen MR) is 81.6 cm³/mol. The summed E-state index contributed by atoms with van der Waals surface area (Å²) in [5.74, 6) is 1.15. The Labute approximate surface area is 120 Å². The fourth-order valence-electron chi connectivity index (χ4n) is 2.41. The van der Waals surface area contributed by atoms with E-state index in [0.29, 0.717) is 13.0 Å². The normalized spacial score (nSPS) is 10.9. The van der Waals surface area contributed by atoms with Gasteiger partial charge in [-0.25, -0.2) is 4.98 Å². The first-order valence-electron chi connectivity index (χ1n) is 7.41. The Morgan fingerprint density at radius 2 is 2.10 bits per heavy atom. The maximum atomic E-state index is 11.7. The number of fused-ring (bicyclic) bond motifs is 1. The number of amides is 1. The fourth-order valence-corrected chi connectivity index (χ4v) is 2.41. The van der Waals surface area contributed by atoms with E-state index in [1.807, 2.05) is 25.1 Å². The molecule has 0 aliphatic rings. The lowest BCUT2D eigenvalue weighted by atomic mass is 10.2. The molecule has 0 atom stereocenters. The van der Waals surface area contributed by atoms with Gasteiger partial charge in [-0.1, -0.05) is 31.9 Å². The first-order valence-corrected chi connectivity index (χ1v) is 7.41. The molecule has 2 rings (SSSR count). The molecule has 0 aliphatic heterocycles. The molecule has 0 saturated carbocycles. The van der Waals surface area contributed by atoms with Crippen LogP contribution in [0.5, 0.6) is 0 Å². The lowest BCUT2D eigenvalue weighted by Gasteiger charge is -2.08. The number of aryl methyl sites for hydroxylation is 1. The molecule has 0 fully saturated rings. The molecule has 1 aromatic heterocycles. The SMILES string of the molecule is CCCCCC(=O)NCCn1c(C)nc2ccccc21. The van der Waals surface area contributed by atoms with Gasteiger partial charge in [0.05, 0.1) is 11.0 Å². The number of nitrogens with one attached hydrogen (secondary N) is 1. The quantitative estimate of drug-likeness (QED) is 0.788. The van der Waals surface area contributed by atoms with Gasteiger partial charge in [-0.15, -0.1) is 0 Å². The van der Waals surface area contributed by atoms with Gasteiger partial charge in [-0.2, -0.15) is 0 Å². The van der Waals surface area contributed by atoms with Crippen LogP contribution in [0.2, 0.25) is 0 Å². The molecule has 20 heavy (non-hydrogen) atoms. The second-order valence-corrected chi connectivity index (χ2v) is 5.11. The van der Waals surface area contributed by atoms with Gasteiger partial charge in [0.1, 0.15) is 5.82 Å². The van der Waals surface area contributed by atoms with Crippen molar-refractivity contribution >= 4 is 16.9 Å². The van der Waals surface area contributed by atoms with Crippen LogP contribution >= 0.6 is 0 Å². The molecule has 0 saturated heterocycles. The number of hydrogen-bond donors (Lipinski definition) is 1. The maximum absolute atomic E-state index is 11.7. The minimum absolute atomic E-state index is 0.153. The molecule has 4 nitrogen and oxygen atoms in total. The van der Waals surface area contributed by atoms with Crippen molar-refractivity contribution in [3.8, 4) is 0 Å². The summed E-state index contributed by atoms with van der Waals surface area (Å²) in [6, 6.07) is 8.10. The molecule has 1 amide bonds. The van der Waals surface area contributed by atoms with Crippen LogP contribution in [0.4, 0.5) is 0 Å². The third-order valence-electron chi connectivity index (χ3n) is 3.51. The molecule has 0 bridgehead atoms. The Bertz CT molecular complexity index is 574. The van der Waals surface area contributed by atoms with E-state index in [9.17, 15) is 4.79 Å². The first-order chi connectivity index (χ1) is 9.72. The van der Waals surface area contributed by atoms with Gasteiger partial charge >= 0.3 is 0 Å². The van der Waals surface area contributed by atoms with Crippen LogP contribution in [0.3, 0.4) is 0 Å². The van der Waals surface area contributed by atoms with E-state index in [1.165, 1.54) is 0 Å². The highest BCUT2D eigenvalue weighted by atomic mass is 16.1. The van der Waals surface area contributed by atoms with Crippen LogP contribution in [0.15, 0.2) is 24.3 Å². The Morgan fingerprint density at radius 1 is 1.30 bits per heavy atom. The highest BCUT2D eigenvalue weighted by Crippen LogP contribution is 2.14. The van der Waals surface area contributed by atoms with E-state index in [2.05, 4.69) is 27.9 Å². The third-order valence-corrected chi connectivity index (χ3v) is 3.51. The number of nitrogens with zero attached hydrogens (tertiary/aromatic N) is 2. The van der Waals surface area contributed by atoms with Crippen molar-refractivity contribution in [2.45, 2.75) is 46.1 Å². The van der Waals surface area contributed by atoms with Gasteiger partial charge in [0.15, 0.2) is 0 Å². The number of imidazole rings is 1. The van der Waals surface area contributed by atoms with Crippen LogP contribution in [0.25, 0.3) is 11.0 Å². The van der Waals surface area contributed by atoms with Gasteiger partial charge in [-0.3, -0.25) is 4.79 Å². The number of aromatic nitrogens is 2. The molecule has 108 valence electrons. The minimum atomic E-state index is 0.153. The van der Waals surface area contributed by atoms with Crippen LogP contribution in [0.1, 0.15) is 38.4 Å². The van der Waals surface area contributed by atoms with Gasteiger partial charge < -0.3 is 9.88 Å². The smallest absolute Gasteiger partial charge is 0.220 e. The molecule has 0 radical (unpaired) electrons. The Morgan fingerprint density at radius 3 is 2.90 bits per heavy atom. The lowest BCUT2D eigenvalue weighted by molar-refractivity contribution is -0.121. The largest absolute Gasteiger partial charge is 0.354 e. The number of hydrogen-bond acceptors (Lipinski definition) is 2. The van der Waals surface area contributed by atoms with Gasteiger partial charge in [-0.05, 0) is 25.5 Å². The summed E-state index contributed by atoms with van der Waals surface area (Å²) in [6.07, 6.45) is 3.89. The molecule has 1 N–H and O–H groups in total. The van der Waals surface area contributed by atoms with Crippen molar-refractivity contribution in [3.63, 3.8) is 0 Å². The summed E-state index contributed by atoms with van der Waals surface area (Å²) in [5, 5.41) is 2.98. The number of rotatable bonds is 7. The molecule has 4 heteroatoms. The second-order valence-electron chi connectivity index (χ2n) is 5.11. The van der Waals surface area contributed by atoms with E-state index >= 15 is 0 Å². The molecule has 1 heterocycles. The van der Waals surface area contributed by atoms with Crippen LogP contribution in [0, 0.1) is 6.92 Å². The number of unbranched alkanes of at least 4 members (excludes halogenated alkanes) is 2. The van der Waals surface area contributed by atoms with Crippen molar-refractivity contribution in [1.82, 2.24) is 14.9 Å². The summed E-state index contributed by atoms with van der Waals surface area (Å²) in [4.78, 5) is 16.2. The van der Waals surface area contributed by atoms with Crippen molar-refractivity contribution in [2.75, 3.05) is 6.54 Å². The van der Waals surface area contributed by atoms with Gasteiger partial charge in [0.25, 0.3) is 0 Å². The average molecular weight is 273 g/mol. The van der Waals surface area contributed by atoms with E-state index < -0.39 is 0 Å². The minimum Gasteiger partial charge on any atom is -0.354 e. The second kappa shape index (κ2) is 7.08. The highest BCUT2D eigenvalue weighted by molar-refractivity contribution is 5.76. The Hall–Kier alpha value is -1.84. The van der Waals surface area contributed by atoms with E-state index in [0.717, 1.165) is 42.7 Å². The molecular formula is C16H23N3O. The summed E-state index contributed by atoms with van der Waals surface area (Å²) in [6.45, 7) is 5.58. The molecule has 1 aromatic carbocycles. The number of para-hydroxylation sites is 2. The molecule has 0 unspecified atom stereocenters. The predicted octanol–water partition coefficient (Wildman–Crippen LogP) is 3.04. The highest BCUT2D eigenvalue weighted by Gasteiger charge is 2.06. The standard InChI is InChI=1S/C16H23N3O/c1-3-4-5-10-16(20)17-11-12-19-13(2)18-14-8-6-7-9-15(14)19/h6-9H,3-5,10-12H2,1-2H3,(H,17,20). The van der Waals surface area contributed by atoms with Gasteiger partial charge in [0, 0.05) is 19.5 Å². The lowest BCUT2D eigenvalue weighted by Crippen LogP contribution is -2.27. The van der Waals surface area contributed by atoms with Crippen LogP contribution in [-0.4, -0.2) is 22.0 Å². The topological polar surface area (TPSA) is 46.9 Å². The zero-order valence-corrected chi connectivity index (χ0v) is 12.4. The zero-order chi connectivity index (χ0) is 14.4. The maximum Gasteiger partial charge on any atom is 0.220 e. The van der Waals surface area contributed by atoms with Crippen molar-refractivity contribution in [3.05, 3.63) is 30.1 Å². The number of benzene rings is 1. The summed E-state index contributed by atoms with van der Waals surface area (Å²) in [5.41, 5.74) is 2.14. The molecule has 0 aliphatic carbocycles. The van der Waals surface area contributed by atoms with Crippen LogP contribution in [-0.2, 0) is 11.3 Å². The van der Waals surface area contributed by atoms with Crippen molar-refractivity contribution in [2.24, 2.45) is 0 Å². The van der Waals surface area contributed by atoms with Crippen molar-refractivity contribution in [1.29, 1.82) is 0 Å². The number of carbonyl (C=O) groups is 1. The van der Waals surface area contributed by atoms with E-state index in [1.54, 1.807) is 0 Å². The Kier molecular flexibility index (Phi) is 5.16. The fraction of sp³-hybridized carbons (Fsp3) is 0.500. The van der Waals surface area contributed by atoms with Crippen LogP contribution < -0.4 is 5.32 Å². The summed E-state index contributed by atoms with van der Waals surface area (Å²) in [7, 11) is 0. The van der Waals surface area contributed by atoms with Gasteiger partial charge in [0.2, 0.25) is 5.91 Å². The summed E-state index contributed by atoms with van der Waals surface area (Å²) >= 11 is 0. The summed E-state index contributed by atoms with van der Waals surface area (Å²) < 4.78 is 2.15. The first kappa shape index (κ1) is 14.6. The Balaban J connectivity index is 1.87. The monoisotopic (exact) mass is 273 g/mol. The molecular weight excluding hydrogens is 250 g/mol. The third kappa shape index (κ3) is 3.59. The number of carbonyl (C=O) groups excluding carboxylic acids is 1.